The molecule has 2 aromatic heterocycles. The number of ether oxygens (including phenoxy) is 1. The first kappa shape index (κ1) is 25.5. The second-order valence-corrected chi connectivity index (χ2v) is 11.5. The van der Waals surface area contributed by atoms with E-state index in [1.807, 2.05) is 17.0 Å². The molecule has 0 unspecified atom stereocenters. The summed E-state index contributed by atoms with van der Waals surface area (Å²) in [4.78, 5) is 28.2. The zero-order chi connectivity index (χ0) is 26.2. The van der Waals surface area contributed by atoms with Gasteiger partial charge in [0.2, 0.25) is 0 Å². The first-order valence-electron chi connectivity index (χ1n) is 12.8. The number of benzene rings is 1. The van der Waals surface area contributed by atoms with Gasteiger partial charge in [0.1, 0.15) is 11.5 Å². The molecule has 0 spiro atoms. The summed E-state index contributed by atoms with van der Waals surface area (Å²) in [5, 5.41) is 10.9. The van der Waals surface area contributed by atoms with Crippen molar-refractivity contribution in [1.29, 1.82) is 0 Å². The van der Waals surface area contributed by atoms with E-state index in [1.54, 1.807) is 30.3 Å². The summed E-state index contributed by atoms with van der Waals surface area (Å²) in [5.41, 5.74) is 1.63. The number of nitrogens with one attached hydrogen (secondary N) is 2. The molecule has 2 fully saturated rings. The highest BCUT2D eigenvalue weighted by atomic mass is 35.5. The van der Waals surface area contributed by atoms with Crippen LogP contribution in [0.4, 0.5) is 0 Å². The van der Waals surface area contributed by atoms with Crippen molar-refractivity contribution in [2.45, 2.75) is 51.6 Å². The second kappa shape index (κ2) is 9.99. The molecule has 0 aliphatic carbocycles. The van der Waals surface area contributed by atoms with E-state index >= 15 is 0 Å². The Bertz CT molecular complexity index is 1280. The molecule has 1 aromatic carbocycles. The molecule has 2 N–H and O–H groups in total. The summed E-state index contributed by atoms with van der Waals surface area (Å²) in [6.45, 7) is 8.37. The Morgan fingerprint density at radius 1 is 1.22 bits per heavy atom. The number of hydrogen-bond acceptors (Lipinski definition) is 5. The van der Waals surface area contributed by atoms with E-state index in [1.165, 1.54) is 0 Å². The molecule has 4 heterocycles. The highest BCUT2D eigenvalue weighted by Gasteiger charge is 2.47. The molecule has 2 atom stereocenters. The van der Waals surface area contributed by atoms with E-state index in [4.69, 9.17) is 20.8 Å². The highest BCUT2D eigenvalue weighted by Crippen LogP contribution is 2.40. The first-order valence-corrected chi connectivity index (χ1v) is 13.1. The molecule has 196 valence electrons. The summed E-state index contributed by atoms with van der Waals surface area (Å²) in [6.07, 6.45) is 2.44. The molecule has 5 rings (SSSR count). The fourth-order valence-corrected chi connectivity index (χ4v) is 5.39. The molecule has 9 heteroatoms. The third-order valence-electron chi connectivity index (χ3n) is 7.44. The van der Waals surface area contributed by atoms with Gasteiger partial charge in [0.05, 0.1) is 6.10 Å². The first-order chi connectivity index (χ1) is 17.6. The van der Waals surface area contributed by atoms with Gasteiger partial charge in [-0.1, -0.05) is 32.4 Å². The highest BCUT2D eigenvalue weighted by molar-refractivity contribution is 6.30. The van der Waals surface area contributed by atoms with Crippen molar-refractivity contribution >= 4 is 23.4 Å². The monoisotopic (exact) mass is 524 g/mol. The van der Waals surface area contributed by atoms with Gasteiger partial charge in [0, 0.05) is 53.4 Å². The average molecular weight is 525 g/mol. The fourth-order valence-electron chi connectivity index (χ4n) is 5.27. The number of carbonyl (C=O) groups excluding carboxylic acids is 2. The number of aromatic amines is 1. The topological polar surface area (TPSA) is 100 Å². The lowest BCUT2D eigenvalue weighted by molar-refractivity contribution is -0.116. The number of hydrogen-bond donors (Lipinski definition) is 2. The number of halogens is 1. The van der Waals surface area contributed by atoms with Crippen molar-refractivity contribution in [1.82, 2.24) is 20.4 Å². The number of furan rings is 1. The zero-order valence-corrected chi connectivity index (χ0v) is 22.2. The van der Waals surface area contributed by atoms with Crippen molar-refractivity contribution < 1.29 is 18.7 Å². The van der Waals surface area contributed by atoms with Crippen LogP contribution in [0.25, 0.3) is 11.3 Å². The van der Waals surface area contributed by atoms with Gasteiger partial charge in [-0.2, -0.15) is 5.10 Å². The molecular formula is C28H33ClN4O4. The van der Waals surface area contributed by atoms with Crippen molar-refractivity contribution in [3.05, 3.63) is 64.6 Å². The number of aromatic nitrogens is 2. The standard InChI is InChI=1S/C28H33ClN4O4/c1-27(2,3)23-15-20(31-32-23)25(34)30-16-28-12-4-14-36-24(28)11-13-33(17-28)26(35)22-10-9-21(37-22)18-5-7-19(29)8-6-18/h5-10,15,24H,4,11-14,16-17H2,1-3H3,(H,30,34)(H,31,32)/t24-,28-/m1/s1. The predicted molar refractivity (Wildman–Crippen MR) is 141 cm³/mol. The Hall–Kier alpha value is -3.10. The van der Waals surface area contributed by atoms with Gasteiger partial charge >= 0.3 is 0 Å². The summed E-state index contributed by atoms with van der Waals surface area (Å²) >= 11 is 5.99. The predicted octanol–water partition coefficient (Wildman–Crippen LogP) is 5.06. The number of carbonyl (C=O) groups is 2. The van der Waals surface area contributed by atoms with Crippen molar-refractivity contribution in [3.8, 4) is 11.3 Å². The Labute approximate surface area is 221 Å². The molecule has 2 amide bonds. The van der Waals surface area contributed by atoms with Crippen LogP contribution < -0.4 is 5.32 Å². The van der Waals surface area contributed by atoms with E-state index in [9.17, 15) is 9.59 Å². The van der Waals surface area contributed by atoms with Crippen molar-refractivity contribution in [3.63, 3.8) is 0 Å². The van der Waals surface area contributed by atoms with Gasteiger partial charge in [-0.3, -0.25) is 14.7 Å². The number of piperidine rings is 1. The minimum absolute atomic E-state index is 0.0175. The maximum Gasteiger partial charge on any atom is 0.289 e. The summed E-state index contributed by atoms with van der Waals surface area (Å²) in [6, 6.07) is 12.6. The van der Waals surface area contributed by atoms with E-state index < -0.39 is 0 Å². The molecule has 2 aliphatic heterocycles. The van der Waals surface area contributed by atoms with Crippen LogP contribution in [0.3, 0.4) is 0 Å². The zero-order valence-electron chi connectivity index (χ0n) is 21.5. The van der Waals surface area contributed by atoms with Gasteiger partial charge in [-0.15, -0.1) is 0 Å². The van der Waals surface area contributed by atoms with E-state index in [-0.39, 0.29) is 28.7 Å². The lowest BCUT2D eigenvalue weighted by Crippen LogP contribution is -2.60. The van der Waals surface area contributed by atoms with Crippen LogP contribution in [-0.4, -0.2) is 59.3 Å². The van der Waals surface area contributed by atoms with Gasteiger partial charge < -0.3 is 19.4 Å². The minimum atomic E-state index is -0.364. The SMILES string of the molecule is CC(C)(C)c1cc(C(=O)NC[C@@]23CCCO[C@@H]2CCN(C(=O)c2ccc(-c4ccc(Cl)cc4)o2)C3)n[nH]1. The molecule has 0 radical (unpaired) electrons. The van der Waals surface area contributed by atoms with E-state index in [2.05, 4.69) is 36.3 Å². The fraction of sp³-hybridized carbons (Fsp3) is 0.464. The van der Waals surface area contributed by atoms with Crippen LogP contribution in [0.15, 0.2) is 46.9 Å². The Morgan fingerprint density at radius 2 is 2.00 bits per heavy atom. The molecule has 0 bridgehead atoms. The molecule has 0 saturated carbocycles. The third kappa shape index (κ3) is 5.31. The van der Waals surface area contributed by atoms with Crippen LogP contribution >= 0.6 is 11.6 Å². The number of H-pyrrole nitrogens is 1. The quantitative estimate of drug-likeness (QED) is 0.486. The third-order valence-corrected chi connectivity index (χ3v) is 7.69. The van der Waals surface area contributed by atoms with Crippen molar-refractivity contribution in [2.24, 2.45) is 5.41 Å². The lowest BCUT2D eigenvalue weighted by atomic mass is 9.72. The molecule has 3 aromatic rings. The van der Waals surface area contributed by atoms with Crippen LogP contribution in [0.5, 0.6) is 0 Å². The smallest absolute Gasteiger partial charge is 0.289 e. The summed E-state index contributed by atoms with van der Waals surface area (Å²) in [5.74, 6) is 0.529. The van der Waals surface area contributed by atoms with E-state index in [0.29, 0.717) is 54.9 Å². The maximum atomic E-state index is 13.4. The molecular weight excluding hydrogens is 492 g/mol. The van der Waals surface area contributed by atoms with Gasteiger partial charge in [-0.05, 0) is 61.7 Å². The minimum Gasteiger partial charge on any atom is -0.451 e. The molecule has 37 heavy (non-hydrogen) atoms. The number of nitrogens with zero attached hydrogens (tertiary/aromatic N) is 2. The number of amides is 2. The largest absolute Gasteiger partial charge is 0.451 e. The number of fused-ring (bicyclic) bond motifs is 1. The Kier molecular flexibility index (Phi) is 6.89. The van der Waals surface area contributed by atoms with Crippen molar-refractivity contribution in [2.75, 3.05) is 26.2 Å². The molecule has 8 nitrogen and oxygen atoms in total. The number of likely N-dealkylation sites (tertiary alicyclic amines) is 1. The summed E-state index contributed by atoms with van der Waals surface area (Å²) in [7, 11) is 0. The van der Waals surface area contributed by atoms with Crippen LogP contribution in [0.2, 0.25) is 5.02 Å². The average Bonchev–Trinajstić information content (AvgIpc) is 3.58. The van der Waals surface area contributed by atoms with Gasteiger partial charge in [0.25, 0.3) is 11.8 Å². The Morgan fingerprint density at radius 3 is 2.73 bits per heavy atom. The molecule has 2 aliphatic rings. The molecule has 2 saturated heterocycles. The number of rotatable bonds is 5. The Balaban J connectivity index is 1.29. The van der Waals surface area contributed by atoms with Crippen LogP contribution in [-0.2, 0) is 10.2 Å². The second-order valence-electron chi connectivity index (χ2n) is 11.1. The van der Waals surface area contributed by atoms with Gasteiger partial charge in [-0.25, -0.2) is 0 Å². The van der Waals surface area contributed by atoms with Crippen LogP contribution in [0, 0.1) is 5.41 Å². The maximum absolute atomic E-state index is 13.4. The van der Waals surface area contributed by atoms with Crippen LogP contribution in [0.1, 0.15) is 66.8 Å². The lowest BCUT2D eigenvalue weighted by Gasteiger charge is -2.50. The normalized spacial score (nSPS) is 21.9. The van der Waals surface area contributed by atoms with E-state index in [0.717, 1.165) is 24.1 Å². The summed E-state index contributed by atoms with van der Waals surface area (Å²) < 4.78 is 12.1. The van der Waals surface area contributed by atoms with Gasteiger partial charge in [0.15, 0.2) is 5.76 Å².